The number of likely N-dealkylation sites (N-methyl/N-ethyl adjacent to an activating group) is 1. The highest BCUT2D eigenvalue weighted by Crippen LogP contribution is 2.35. The number of nitrogens with two attached hydrogens (primary N) is 1. The number of benzene rings is 1. The maximum Gasteiger partial charge on any atom is 0.219 e. The molecule has 2 aliphatic heterocycles. The van der Waals surface area contributed by atoms with E-state index in [0.717, 1.165) is 37.6 Å². The molecule has 3 aromatic rings. The van der Waals surface area contributed by atoms with E-state index >= 15 is 0 Å². The van der Waals surface area contributed by atoms with Crippen LogP contribution in [0.1, 0.15) is 32.0 Å². The number of halogens is 2. The fraction of sp³-hybridized carbons (Fsp3) is 0.448. The van der Waals surface area contributed by atoms with Crippen LogP contribution in [0.3, 0.4) is 0 Å². The summed E-state index contributed by atoms with van der Waals surface area (Å²) in [7, 11) is 2.08. The molecule has 1 aromatic carbocycles. The normalized spacial score (nSPS) is 20.0. The van der Waals surface area contributed by atoms with E-state index in [1.54, 1.807) is 12.3 Å². The van der Waals surface area contributed by atoms with Crippen molar-refractivity contribution in [2.75, 3.05) is 50.9 Å². The number of carbonyl (C=O) groups excluding carboxylic acids is 1. The summed E-state index contributed by atoms with van der Waals surface area (Å²) in [6, 6.07) is 9.57. The van der Waals surface area contributed by atoms with Gasteiger partial charge in [0.15, 0.2) is 5.79 Å². The van der Waals surface area contributed by atoms with E-state index in [9.17, 15) is 9.18 Å². The molecule has 2 atom stereocenters. The van der Waals surface area contributed by atoms with Crippen molar-refractivity contribution in [2.45, 2.75) is 43.2 Å². The van der Waals surface area contributed by atoms with Gasteiger partial charge in [-0.1, -0.05) is 23.4 Å². The summed E-state index contributed by atoms with van der Waals surface area (Å²) in [6.07, 6.45) is 1.75. The maximum atomic E-state index is 14.8. The van der Waals surface area contributed by atoms with Crippen molar-refractivity contribution in [3.63, 3.8) is 0 Å². The Morgan fingerprint density at radius 2 is 2.00 bits per heavy atom. The van der Waals surface area contributed by atoms with Gasteiger partial charge < -0.3 is 25.4 Å². The number of pyridine rings is 1. The van der Waals surface area contributed by atoms with Gasteiger partial charge in [0.2, 0.25) is 5.91 Å². The van der Waals surface area contributed by atoms with Gasteiger partial charge in [0, 0.05) is 60.8 Å². The number of piperazine rings is 1. The summed E-state index contributed by atoms with van der Waals surface area (Å²) in [4.78, 5) is 21.1. The number of ether oxygens (including phenoxy) is 2. The molecule has 2 fully saturated rings. The van der Waals surface area contributed by atoms with Gasteiger partial charge in [0.1, 0.15) is 10.8 Å². The zero-order valence-corrected chi connectivity index (χ0v) is 25.4. The quantitative estimate of drug-likeness (QED) is 0.316. The molecule has 4 heterocycles. The SMILES string of the molecule is CN1CCN(C(CC(N)=O)c2cc(Nc3cc(-c4cc(Cl)ccc4F)nnc3SCC3COC(C)(C)O3)ccn2)CC1. The second-order valence-electron chi connectivity index (χ2n) is 11.0. The van der Waals surface area contributed by atoms with E-state index in [1.165, 1.54) is 30.0 Å². The van der Waals surface area contributed by atoms with Crippen molar-refractivity contribution in [3.05, 3.63) is 59.1 Å². The Balaban J connectivity index is 1.44. The lowest BCUT2D eigenvalue weighted by atomic mass is 10.1. The van der Waals surface area contributed by atoms with E-state index in [1.807, 2.05) is 26.0 Å². The third-order valence-corrected chi connectivity index (χ3v) is 8.56. The number of hydrogen-bond donors (Lipinski definition) is 2. The van der Waals surface area contributed by atoms with Gasteiger partial charge in [0.05, 0.1) is 35.8 Å². The molecule has 0 radical (unpaired) electrons. The Morgan fingerprint density at radius 3 is 2.71 bits per heavy atom. The molecular weight excluding hydrogens is 581 g/mol. The van der Waals surface area contributed by atoms with Gasteiger partial charge in [-0.15, -0.1) is 10.2 Å². The topological polar surface area (TPSA) is 119 Å². The van der Waals surface area contributed by atoms with E-state index in [2.05, 4.69) is 37.3 Å². The van der Waals surface area contributed by atoms with Crippen molar-refractivity contribution in [1.29, 1.82) is 0 Å². The van der Waals surface area contributed by atoms with Crippen molar-refractivity contribution < 1.29 is 18.7 Å². The van der Waals surface area contributed by atoms with Crippen molar-refractivity contribution in [1.82, 2.24) is 25.0 Å². The molecule has 2 aliphatic rings. The Morgan fingerprint density at radius 1 is 1.21 bits per heavy atom. The van der Waals surface area contributed by atoms with Crippen molar-refractivity contribution >= 4 is 40.6 Å². The first kappa shape index (κ1) is 30.6. The van der Waals surface area contributed by atoms with Crippen LogP contribution in [0, 0.1) is 5.82 Å². The lowest BCUT2D eigenvalue weighted by Crippen LogP contribution is -2.46. The van der Waals surface area contributed by atoms with Crippen LogP contribution >= 0.6 is 23.4 Å². The minimum atomic E-state index is -0.634. The fourth-order valence-electron chi connectivity index (χ4n) is 5.03. The number of anilines is 2. The van der Waals surface area contributed by atoms with Crippen LogP contribution in [-0.4, -0.2) is 88.4 Å². The molecule has 10 nitrogen and oxygen atoms in total. The predicted molar refractivity (Wildman–Crippen MR) is 161 cm³/mol. The van der Waals surface area contributed by atoms with Crippen LogP contribution in [-0.2, 0) is 14.3 Å². The van der Waals surface area contributed by atoms with Crippen LogP contribution in [0.2, 0.25) is 5.02 Å². The van der Waals surface area contributed by atoms with E-state index in [0.29, 0.717) is 33.8 Å². The lowest BCUT2D eigenvalue weighted by molar-refractivity contribution is -0.135. The molecular formula is C29H35ClFN7O3S. The molecule has 2 unspecified atom stereocenters. The third-order valence-electron chi connectivity index (χ3n) is 7.21. The van der Waals surface area contributed by atoms with Gasteiger partial charge >= 0.3 is 0 Å². The number of primary amides is 1. The first-order valence-corrected chi connectivity index (χ1v) is 15.1. The number of hydrogen-bond acceptors (Lipinski definition) is 10. The van der Waals surface area contributed by atoms with Gasteiger partial charge in [-0.3, -0.25) is 14.7 Å². The smallest absolute Gasteiger partial charge is 0.219 e. The molecule has 13 heteroatoms. The molecule has 3 N–H and O–H groups in total. The Bertz CT molecular complexity index is 1420. The predicted octanol–water partition coefficient (Wildman–Crippen LogP) is 4.48. The number of nitrogens with one attached hydrogen (secondary N) is 1. The summed E-state index contributed by atoms with van der Waals surface area (Å²) in [5, 5.41) is 13.2. The first-order chi connectivity index (χ1) is 20.1. The minimum Gasteiger partial charge on any atom is -0.370 e. The summed E-state index contributed by atoms with van der Waals surface area (Å²) in [6.45, 7) is 7.64. The third kappa shape index (κ3) is 7.74. The van der Waals surface area contributed by atoms with E-state index in [-0.39, 0.29) is 30.0 Å². The molecule has 0 spiro atoms. The van der Waals surface area contributed by atoms with Gasteiger partial charge in [0.25, 0.3) is 0 Å². The van der Waals surface area contributed by atoms with Gasteiger partial charge in [-0.2, -0.15) is 0 Å². The van der Waals surface area contributed by atoms with Crippen LogP contribution in [0.4, 0.5) is 15.8 Å². The highest BCUT2D eigenvalue weighted by atomic mass is 35.5. The molecule has 0 saturated carbocycles. The summed E-state index contributed by atoms with van der Waals surface area (Å²) >= 11 is 7.63. The molecule has 0 aliphatic carbocycles. The molecule has 1 amide bonds. The second kappa shape index (κ2) is 13.2. The largest absolute Gasteiger partial charge is 0.370 e. The summed E-state index contributed by atoms with van der Waals surface area (Å²) in [5.74, 6) is -0.884. The fourth-order valence-corrected chi connectivity index (χ4v) is 6.07. The van der Waals surface area contributed by atoms with Crippen molar-refractivity contribution in [2.24, 2.45) is 5.73 Å². The summed E-state index contributed by atoms with van der Waals surface area (Å²) < 4.78 is 26.4. The molecule has 0 bridgehead atoms. The molecule has 224 valence electrons. The van der Waals surface area contributed by atoms with E-state index in [4.69, 9.17) is 26.8 Å². The van der Waals surface area contributed by atoms with Crippen LogP contribution in [0.25, 0.3) is 11.3 Å². The maximum absolute atomic E-state index is 14.8. The standard InChI is InChI=1S/C29H35ClFN7O3S/c1-29(2)40-16-20(41-29)17-42-28-25(14-23(35-36-28)21-12-18(30)4-5-22(21)31)34-19-6-7-33-24(13-19)26(15-27(32)39)38-10-8-37(3)9-11-38/h4-7,12-14,20,26H,8-11,15-17H2,1-3H3,(H2,32,39)(H,33,34,35). The zero-order chi connectivity index (χ0) is 29.9. The molecule has 2 saturated heterocycles. The average molecular weight is 616 g/mol. The Hall–Kier alpha value is -2.87. The highest BCUT2D eigenvalue weighted by Gasteiger charge is 2.33. The highest BCUT2D eigenvalue weighted by molar-refractivity contribution is 7.99. The molecule has 2 aromatic heterocycles. The first-order valence-electron chi connectivity index (χ1n) is 13.8. The number of thioether (sulfide) groups is 1. The van der Waals surface area contributed by atoms with Crippen LogP contribution in [0.5, 0.6) is 0 Å². The Kier molecular flexibility index (Phi) is 9.60. The second-order valence-corrected chi connectivity index (χ2v) is 12.4. The number of rotatable bonds is 10. The Labute approximate surface area is 254 Å². The molecule has 5 rings (SSSR count). The lowest BCUT2D eigenvalue weighted by Gasteiger charge is -2.37. The minimum absolute atomic E-state index is 0.115. The van der Waals surface area contributed by atoms with Crippen LogP contribution in [0.15, 0.2) is 47.6 Å². The number of amides is 1. The average Bonchev–Trinajstić information content (AvgIpc) is 3.31. The van der Waals surface area contributed by atoms with Gasteiger partial charge in [-0.25, -0.2) is 4.39 Å². The molecule has 42 heavy (non-hydrogen) atoms. The number of aromatic nitrogens is 3. The zero-order valence-electron chi connectivity index (χ0n) is 23.8. The van der Waals surface area contributed by atoms with E-state index < -0.39 is 11.6 Å². The number of carbonyl (C=O) groups is 1. The van der Waals surface area contributed by atoms with Crippen molar-refractivity contribution in [3.8, 4) is 11.3 Å². The summed E-state index contributed by atoms with van der Waals surface area (Å²) in [5.41, 5.74) is 8.33. The van der Waals surface area contributed by atoms with Crippen LogP contribution < -0.4 is 11.1 Å². The number of nitrogens with zero attached hydrogens (tertiary/aromatic N) is 5. The monoisotopic (exact) mass is 615 g/mol. The van der Waals surface area contributed by atoms with Gasteiger partial charge in [-0.05, 0) is 57.3 Å².